The highest BCUT2D eigenvalue weighted by Gasteiger charge is 2.37. The molecule has 0 radical (unpaired) electrons. The molecule has 1 unspecified atom stereocenters. The van der Waals surface area contributed by atoms with Gasteiger partial charge >= 0.3 is 5.97 Å². The number of hydrogen-bond acceptors (Lipinski definition) is 3. The highest BCUT2D eigenvalue weighted by molar-refractivity contribution is 5.97. The maximum absolute atomic E-state index is 13.0. The molecular formula is C15H16FN3O3. The molecule has 1 amide bonds. The number of nitrogens with zero attached hydrogens (tertiary/aromatic N) is 2. The first kappa shape index (κ1) is 15.7. The minimum absolute atomic E-state index is 0.243. The Kier molecular flexibility index (Phi) is 3.99. The summed E-state index contributed by atoms with van der Waals surface area (Å²) in [7, 11) is 1.60. The molecule has 6 nitrogen and oxygen atoms in total. The van der Waals surface area contributed by atoms with E-state index in [4.69, 9.17) is 0 Å². The fourth-order valence-corrected chi connectivity index (χ4v) is 2.15. The van der Waals surface area contributed by atoms with Crippen LogP contribution in [0.5, 0.6) is 0 Å². The number of benzene rings is 1. The summed E-state index contributed by atoms with van der Waals surface area (Å²) >= 11 is 0. The molecule has 7 heteroatoms. The average molecular weight is 305 g/mol. The van der Waals surface area contributed by atoms with Crippen molar-refractivity contribution in [1.29, 1.82) is 0 Å². The first-order valence-corrected chi connectivity index (χ1v) is 6.56. The van der Waals surface area contributed by atoms with E-state index in [1.807, 2.05) is 0 Å². The molecule has 1 atom stereocenters. The Labute approximate surface area is 126 Å². The first-order chi connectivity index (χ1) is 10.2. The molecule has 0 saturated heterocycles. The summed E-state index contributed by atoms with van der Waals surface area (Å²) in [5, 5.41) is 16.0. The van der Waals surface area contributed by atoms with Gasteiger partial charge in [0.15, 0.2) is 5.54 Å². The predicted molar refractivity (Wildman–Crippen MR) is 76.8 cm³/mol. The fraction of sp³-hybridized carbons (Fsp3) is 0.267. The van der Waals surface area contributed by atoms with Gasteiger partial charge in [-0.3, -0.25) is 9.48 Å². The summed E-state index contributed by atoms with van der Waals surface area (Å²) in [6, 6.07) is 6.52. The number of carbonyl (C=O) groups excluding carboxylic acids is 1. The van der Waals surface area contributed by atoms with Crippen LogP contribution in [0.1, 0.15) is 28.7 Å². The number of aromatic nitrogens is 2. The molecule has 0 bridgehead atoms. The quantitative estimate of drug-likeness (QED) is 0.898. The number of halogens is 1. The molecule has 0 fully saturated rings. The van der Waals surface area contributed by atoms with Crippen LogP contribution in [-0.2, 0) is 17.4 Å². The number of hydrogen-bond donors (Lipinski definition) is 2. The second kappa shape index (κ2) is 5.59. The van der Waals surface area contributed by atoms with Crippen molar-refractivity contribution >= 4 is 11.9 Å². The molecule has 116 valence electrons. The molecule has 0 spiro atoms. The molecule has 0 saturated carbocycles. The SMILES string of the molecule is Cc1cc(C(=O)NC(C)(C(=O)O)c2ccc(F)cc2)n(C)n1. The summed E-state index contributed by atoms with van der Waals surface area (Å²) in [6.07, 6.45) is 0. The molecule has 1 heterocycles. The van der Waals surface area contributed by atoms with Crippen LogP contribution < -0.4 is 5.32 Å². The molecule has 1 aromatic carbocycles. The van der Waals surface area contributed by atoms with Crippen molar-refractivity contribution in [3.63, 3.8) is 0 Å². The Balaban J connectivity index is 2.36. The van der Waals surface area contributed by atoms with E-state index in [0.29, 0.717) is 5.69 Å². The summed E-state index contributed by atoms with van der Waals surface area (Å²) < 4.78 is 14.4. The van der Waals surface area contributed by atoms with Gasteiger partial charge in [0, 0.05) is 7.05 Å². The lowest BCUT2D eigenvalue weighted by Crippen LogP contribution is -2.50. The van der Waals surface area contributed by atoms with Crippen LogP contribution in [0.4, 0.5) is 4.39 Å². The number of carboxylic acids is 1. The van der Waals surface area contributed by atoms with Gasteiger partial charge in [0.05, 0.1) is 5.69 Å². The highest BCUT2D eigenvalue weighted by Crippen LogP contribution is 2.22. The van der Waals surface area contributed by atoms with Gasteiger partial charge in [-0.2, -0.15) is 5.10 Å². The van der Waals surface area contributed by atoms with Crippen LogP contribution in [0, 0.1) is 12.7 Å². The van der Waals surface area contributed by atoms with Gasteiger partial charge in [-0.25, -0.2) is 9.18 Å². The number of rotatable bonds is 4. The third-order valence-electron chi connectivity index (χ3n) is 3.45. The standard InChI is InChI=1S/C15H16FN3O3/c1-9-8-12(19(3)18-9)13(20)17-15(2,14(21)22)10-4-6-11(16)7-5-10/h4-8H,1-3H3,(H,17,20)(H,21,22). The van der Waals surface area contributed by atoms with Crippen molar-refractivity contribution < 1.29 is 19.1 Å². The van der Waals surface area contributed by atoms with Crippen molar-refractivity contribution in [3.05, 3.63) is 53.1 Å². The molecule has 0 aliphatic carbocycles. The summed E-state index contributed by atoms with van der Waals surface area (Å²) in [5.74, 6) is -2.30. The molecule has 2 N–H and O–H groups in total. The average Bonchev–Trinajstić information content (AvgIpc) is 2.78. The lowest BCUT2D eigenvalue weighted by Gasteiger charge is -2.26. The Morgan fingerprint density at radius 1 is 1.32 bits per heavy atom. The number of aryl methyl sites for hydroxylation is 2. The van der Waals surface area contributed by atoms with Gasteiger partial charge in [-0.05, 0) is 37.6 Å². The van der Waals surface area contributed by atoms with Crippen LogP contribution in [0.15, 0.2) is 30.3 Å². The maximum Gasteiger partial charge on any atom is 0.333 e. The van der Waals surface area contributed by atoms with Gasteiger partial charge < -0.3 is 10.4 Å². The van der Waals surface area contributed by atoms with E-state index in [2.05, 4.69) is 10.4 Å². The molecule has 22 heavy (non-hydrogen) atoms. The number of amides is 1. The monoisotopic (exact) mass is 305 g/mol. The van der Waals surface area contributed by atoms with Crippen LogP contribution in [0.3, 0.4) is 0 Å². The van der Waals surface area contributed by atoms with E-state index in [1.54, 1.807) is 20.0 Å². The molecule has 2 aromatic rings. The van der Waals surface area contributed by atoms with Gasteiger partial charge in [0.25, 0.3) is 5.91 Å². The number of carboxylic acid groups (broad SMARTS) is 1. The zero-order valence-corrected chi connectivity index (χ0v) is 12.4. The Hall–Kier alpha value is -2.70. The van der Waals surface area contributed by atoms with Gasteiger partial charge in [0.1, 0.15) is 11.5 Å². The topological polar surface area (TPSA) is 84.2 Å². The van der Waals surface area contributed by atoms with E-state index < -0.39 is 23.2 Å². The molecule has 2 rings (SSSR count). The largest absolute Gasteiger partial charge is 0.479 e. The molecule has 0 aliphatic rings. The highest BCUT2D eigenvalue weighted by atomic mass is 19.1. The molecular weight excluding hydrogens is 289 g/mol. The van der Waals surface area contributed by atoms with Crippen molar-refractivity contribution in [2.75, 3.05) is 0 Å². The third kappa shape index (κ3) is 2.83. The van der Waals surface area contributed by atoms with Gasteiger partial charge in [-0.1, -0.05) is 12.1 Å². The number of nitrogens with one attached hydrogen (secondary N) is 1. The zero-order valence-electron chi connectivity index (χ0n) is 12.4. The van der Waals surface area contributed by atoms with Crippen LogP contribution >= 0.6 is 0 Å². The normalized spacial score (nSPS) is 13.5. The fourth-order valence-electron chi connectivity index (χ4n) is 2.15. The lowest BCUT2D eigenvalue weighted by atomic mass is 9.92. The lowest BCUT2D eigenvalue weighted by molar-refractivity contribution is -0.144. The van der Waals surface area contributed by atoms with Crippen LogP contribution in [0.25, 0.3) is 0 Å². The molecule has 1 aromatic heterocycles. The minimum atomic E-state index is -1.68. The van der Waals surface area contributed by atoms with E-state index in [1.165, 1.54) is 23.7 Å². The van der Waals surface area contributed by atoms with Gasteiger partial charge in [-0.15, -0.1) is 0 Å². The predicted octanol–water partition coefficient (Wildman–Crippen LogP) is 1.60. The molecule has 0 aliphatic heterocycles. The Morgan fingerprint density at radius 2 is 1.91 bits per heavy atom. The second-order valence-electron chi connectivity index (χ2n) is 5.19. The smallest absolute Gasteiger partial charge is 0.333 e. The summed E-state index contributed by atoms with van der Waals surface area (Å²) in [4.78, 5) is 24.0. The van der Waals surface area contributed by atoms with E-state index >= 15 is 0 Å². The van der Waals surface area contributed by atoms with Crippen molar-refractivity contribution in [2.24, 2.45) is 7.05 Å². The van der Waals surface area contributed by atoms with E-state index in [-0.39, 0.29) is 11.3 Å². The summed E-state index contributed by atoms with van der Waals surface area (Å²) in [6.45, 7) is 3.08. The van der Waals surface area contributed by atoms with Crippen molar-refractivity contribution in [3.8, 4) is 0 Å². The van der Waals surface area contributed by atoms with Crippen LogP contribution in [-0.4, -0.2) is 26.8 Å². The van der Waals surface area contributed by atoms with E-state index in [9.17, 15) is 19.1 Å². The number of carbonyl (C=O) groups is 2. The second-order valence-corrected chi connectivity index (χ2v) is 5.19. The number of aliphatic carboxylic acids is 1. The first-order valence-electron chi connectivity index (χ1n) is 6.56. The summed E-state index contributed by atoms with van der Waals surface area (Å²) in [5.41, 5.74) is -0.518. The van der Waals surface area contributed by atoms with Crippen molar-refractivity contribution in [2.45, 2.75) is 19.4 Å². The maximum atomic E-state index is 13.0. The Bertz CT molecular complexity index is 724. The van der Waals surface area contributed by atoms with Gasteiger partial charge in [0.2, 0.25) is 0 Å². The Morgan fingerprint density at radius 3 is 2.36 bits per heavy atom. The minimum Gasteiger partial charge on any atom is -0.479 e. The van der Waals surface area contributed by atoms with Crippen molar-refractivity contribution in [1.82, 2.24) is 15.1 Å². The van der Waals surface area contributed by atoms with Crippen LogP contribution in [0.2, 0.25) is 0 Å². The zero-order chi connectivity index (χ0) is 16.5. The van der Waals surface area contributed by atoms with E-state index in [0.717, 1.165) is 12.1 Å². The third-order valence-corrected chi connectivity index (χ3v) is 3.45.